The highest BCUT2D eigenvalue weighted by Crippen LogP contribution is 2.06. The summed E-state index contributed by atoms with van der Waals surface area (Å²) in [5.41, 5.74) is -0.770. The number of hydrogen-bond acceptors (Lipinski definition) is 3. The van der Waals surface area contributed by atoms with Crippen LogP contribution in [0, 0.1) is 0 Å². The van der Waals surface area contributed by atoms with Crippen LogP contribution in [0.25, 0.3) is 0 Å². The molecule has 4 heteroatoms. The summed E-state index contributed by atoms with van der Waals surface area (Å²) in [5, 5.41) is 11.5. The predicted molar refractivity (Wildman–Crippen MR) is 41.3 cm³/mol. The fraction of sp³-hybridized carbons (Fsp3) is 0.857. The van der Waals surface area contributed by atoms with E-state index in [1.165, 1.54) is 7.05 Å². The molecule has 0 aromatic heterocycles. The molecule has 0 aromatic carbocycles. The Morgan fingerprint density at radius 1 is 1.64 bits per heavy atom. The van der Waals surface area contributed by atoms with Crippen molar-refractivity contribution < 1.29 is 14.6 Å². The van der Waals surface area contributed by atoms with E-state index >= 15 is 0 Å². The van der Waals surface area contributed by atoms with Gasteiger partial charge in [0.1, 0.15) is 0 Å². The monoisotopic (exact) mass is 161 g/mol. The second-order valence-corrected chi connectivity index (χ2v) is 2.95. The van der Waals surface area contributed by atoms with Crippen LogP contribution in [0.1, 0.15) is 20.3 Å². The quantitative estimate of drug-likeness (QED) is 0.633. The van der Waals surface area contributed by atoms with E-state index in [9.17, 15) is 9.90 Å². The number of hydrogen-bond donors (Lipinski definition) is 2. The van der Waals surface area contributed by atoms with Crippen LogP contribution in [0.3, 0.4) is 0 Å². The molecule has 4 nitrogen and oxygen atoms in total. The predicted octanol–water partition coefficient (Wildman–Crippen LogP) is 0.503. The Morgan fingerprint density at radius 2 is 2.18 bits per heavy atom. The Morgan fingerprint density at radius 3 is 2.55 bits per heavy atom. The summed E-state index contributed by atoms with van der Waals surface area (Å²) in [6.07, 6.45) is -0.0188. The number of carbonyl (C=O) groups excluding carboxylic acids is 1. The van der Waals surface area contributed by atoms with Gasteiger partial charge in [0.15, 0.2) is 0 Å². The molecule has 2 N–H and O–H groups in total. The summed E-state index contributed by atoms with van der Waals surface area (Å²) in [4.78, 5) is 10.5. The van der Waals surface area contributed by atoms with Gasteiger partial charge in [-0.3, -0.25) is 0 Å². The third-order valence-electron chi connectivity index (χ3n) is 1.15. The minimum atomic E-state index is -0.770. The first-order chi connectivity index (χ1) is 4.95. The molecule has 0 fully saturated rings. The number of nitrogens with one attached hydrogen (secondary N) is 1. The van der Waals surface area contributed by atoms with Crippen LogP contribution in [0.15, 0.2) is 0 Å². The molecule has 0 aliphatic carbocycles. The van der Waals surface area contributed by atoms with Gasteiger partial charge < -0.3 is 15.2 Å². The maximum absolute atomic E-state index is 10.5. The standard InChI is InChI=1S/C7H15NO3/c1-7(2,10)4-5-11-6(9)8-3/h10H,4-5H2,1-3H3,(H,8,9). The van der Waals surface area contributed by atoms with Gasteiger partial charge in [-0.1, -0.05) is 0 Å². The topological polar surface area (TPSA) is 58.6 Å². The molecule has 0 saturated heterocycles. The molecule has 0 spiro atoms. The van der Waals surface area contributed by atoms with Gasteiger partial charge in [-0.25, -0.2) is 4.79 Å². The van der Waals surface area contributed by atoms with Crippen LogP contribution in [-0.2, 0) is 4.74 Å². The van der Waals surface area contributed by atoms with Crippen molar-refractivity contribution >= 4 is 6.09 Å². The average molecular weight is 161 g/mol. The fourth-order valence-electron chi connectivity index (χ4n) is 0.466. The zero-order chi connectivity index (χ0) is 8.91. The van der Waals surface area contributed by atoms with E-state index in [4.69, 9.17) is 0 Å². The lowest BCUT2D eigenvalue weighted by Crippen LogP contribution is -2.25. The highest BCUT2D eigenvalue weighted by Gasteiger charge is 2.12. The summed E-state index contributed by atoms with van der Waals surface area (Å²) >= 11 is 0. The molecule has 0 unspecified atom stereocenters. The summed E-state index contributed by atoms with van der Waals surface area (Å²) in [7, 11) is 1.49. The molecule has 0 aromatic rings. The van der Waals surface area contributed by atoms with E-state index in [1.807, 2.05) is 0 Å². The smallest absolute Gasteiger partial charge is 0.406 e. The van der Waals surface area contributed by atoms with Crippen molar-refractivity contribution in [2.75, 3.05) is 13.7 Å². The minimum absolute atomic E-state index is 0.239. The van der Waals surface area contributed by atoms with Crippen molar-refractivity contribution in [3.63, 3.8) is 0 Å². The molecule has 0 heterocycles. The molecular formula is C7H15NO3. The van der Waals surface area contributed by atoms with Gasteiger partial charge in [-0.05, 0) is 13.8 Å². The number of rotatable bonds is 3. The molecule has 11 heavy (non-hydrogen) atoms. The van der Waals surface area contributed by atoms with E-state index in [1.54, 1.807) is 13.8 Å². The maximum Gasteiger partial charge on any atom is 0.406 e. The average Bonchev–Trinajstić information content (AvgIpc) is 1.85. The second kappa shape index (κ2) is 4.18. The number of aliphatic hydroxyl groups is 1. The molecule has 0 bridgehead atoms. The molecule has 66 valence electrons. The molecule has 1 amide bonds. The Labute approximate surface area is 66.5 Å². The van der Waals surface area contributed by atoms with Crippen molar-refractivity contribution in [3.8, 4) is 0 Å². The lowest BCUT2D eigenvalue weighted by atomic mass is 10.1. The zero-order valence-corrected chi connectivity index (χ0v) is 7.18. The van der Waals surface area contributed by atoms with Crippen molar-refractivity contribution in [1.29, 1.82) is 0 Å². The van der Waals surface area contributed by atoms with E-state index in [0.29, 0.717) is 6.42 Å². The normalized spacial score (nSPS) is 10.9. The molecule has 0 atom stereocenters. The van der Waals surface area contributed by atoms with Crippen molar-refractivity contribution in [2.45, 2.75) is 25.9 Å². The Balaban J connectivity index is 3.35. The summed E-state index contributed by atoms with van der Waals surface area (Å²) in [5.74, 6) is 0. The van der Waals surface area contributed by atoms with Crippen molar-refractivity contribution in [3.05, 3.63) is 0 Å². The van der Waals surface area contributed by atoms with Gasteiger partial charge in [0.25, 0.3) is 0 Å². The summed E-state index contributed by atoms with van der Waals surface area (Å²) < 4.78 is 4.66. The highest BCUT2D eigenvalue weighted by molar-refractivity contribution is 5.66. The minimum Gasteiger partial charge on any atom is -0.449 e. The Bertz CT molecular complexity index is 128. The summed E-state index contributed by atoms with van der Waals surface area (Å²) in [6, 6.07) is 0. The van der Waals surface area contributed by atoms with Crippen LogP contribution in [0.2, 0.25) is 0 Å². The maximum atomic E-state index is 10.5. The van der Waals surface area contributed by atoms with E-state index in [-0.39, 0.29) is 6.61 Å². The van der Waals surface area contributed by atoms with Crippen molar-refractivity contribution in [2.24, 2.45) is 0 Å². The van der Waals surface area contributed by atoms with E-state index < -0.39 is 11.7 Å². The molecule has 0 rings (SSSR count). The lowest BCUT2D eigenvalue weighted by molar-refractivity contribution is 0.0449. The summed E-state index contributed by atoms with van der Waals surface area (Å²) in [6.45, 7) is 3.57. The van der Waals surface area contributed by atoms with E-state index in [2.05, 4.69) is 10.1 Å². The Kier molecular flexibility index (Phi) is 3.89. The lowest BCUT2D eigenvalue weighted by Gasteiger charge is -2.16. The van der Waals surface area contributed by atoms with Gasteiger partial charge in [-0.15, -0.1) is 0 Å². The largest absolute Gasteiger partial charge is 0.449 e. The Hall–Kier alpha value is -0.770. The van der Waals surface area contributed by atoms with Crippen molar-refractivity contribution in [1.82, 2.24) is 5.32 Å². The number of ether oxygens (including phenoxy) is 1. The first-order valence-electron chi connectivity index (χ1n) is 3.52. The first-order valence-corrected chi connectivity index (χ1v) is 3.52. The SMILES string of the molecule is CNC(=O)OCCC(C)(C)O. The van der Waals surface area contributed by atoms with Gasteiger partial charge in [0.2, 0.25) is 0 Å². The second-order valence-electron chi connectivity index (χ2n) is 2.95. The van der Waals surface area contributed by atoms with Crippen LogP contribution in [0.4, 0.5) is 4.79 Å². The molecule has 0 aliphatic heterocycles. The van der Waals surface area contributed by atoms with Gasteiger partial charge in [-0.2, -0.15) is 0 Å². The van der Waals surface area contributed by atoms with Crippen LogP contribution in [-0.4, -0.2) is 30.5 Å². The number of amides is 1. The van der Waals surface area contributed by atoms with Crippen LogP contribution in [0.5, 0.6) is 0 Å². The number of carbonyl (C=O) groups is 1. The first kappa shape index (κ1) is 10.2. The zero-order valence-electron chi connectivity index (χ0n) is 7.18. The van der Waals surface area contributed by atoms with Crippen LogP contribution < -0.4 is 5.32 Å². The van der Waals surface area contributed by atoms with Crippen LogP contribution >= 0.6 is 0 Å². The fourth-order valence-corrected chi connectivity index (χ4v) is 0.466. The van der Waals surface area contributed by atoms with Gasteiger partial charge >= 0.3 is 6.09 Å². The highest BCUT2D eigenvalue weighted by atomic mass is 16.5. The van der Waals surface area contributed by atoms with Gasteiger partial charge in [0.05, 0.1) is 12.2 Å². The third kappa shape index (κ3) is 7.12. The molecule has 0 radical (unpaired) electrons. The van der Waals surface area contributed by atoms with E-state index in [0.717, 1.165) is 0 Å². The molecular weight excluding hydrogens is 146 g/mol. The number of alkyl carbamates (subject to hydrolysis) is 1. The van der Waals surface area contributed by atoms with Gasteiger partial charge in [0, 0.05) is 13.5 Å². The third-order valence-corrected chi connectivity index (χ3v) is 1.15. The molecule has 0 aliphatic rings. The molecule has 0 saturated carbocycles.